The predicted octanol–water partition coefficient (Wildman–Crippen LogP) is 4.23. The average Bonchev–Trinajstić information content (AvgIpc) is 2.56. The number of nitrogens with zero attached hydrogens (tertiary/aromatic N) is 1. The third kappa shape index (κ3) is 4.26. The van der Waals surface area contributed by atoms with E-state index in [9.17, 15) is 33.2 Å². The standard InChI is InChI=1S/C18H16F3NO4/c1-10-6-13(17(24)18(19,20)21)7-11(2)15(10)9-16(23)12-4-3-5-14(8-12)22(25)26/h3-8,17,24H,9H2,1-2H3. The Labute approximate surface area is 147 Å². The van der Waals surface area contributed by atoms with E-state index in [0.717, 1.165) is 6.07 Å². The first-order chi connectivity index (χ1) is 12.0. The number of halogens is 3. The number of carbonyl (C=O) groups is 1. The largest absolute Gasteiger partial charge is 0.418 e. The number of aliphatic hydroxyl groups excluding tert-OH is 1. The van der Waals surface area contributed by atoms with Crippen molar-refractivity contribution in [2.24, 2.45) is 0 Å². The van der Waals surface area contributed by atoms with Crippen molar-refractivity contribution in [3.63, 3.8) is 0 Å². The number of ketones is 1. The van der Waals surface area contributed by atoms with Crippen LogP contribution in [0.5, 0.6) is 0 Å². The number of non-ortho nitro benzene ring substituents is 1. The normalized spacial score (nSPS) is 12.7. The number of hydrogen-bond donors (Lipinski definition) is 1. The van der Waals surface area contributed by atoms with Crippen LogP contribution in [-0.4, -0.2) is 22.0 Å². The van der Waals surface area contributed by atoms with Crippen LogP contribution in [0.2, 0.25) is 0 Å². The molecule has 2 aromatic carbocycles. The van der Waals surface area contributed by atoms with Gasteiger partial charge in [0.25, 0.3) is 5.69 Å². The summed E-state index contributed by atoms with van der Waals surface area (Å²) in [5.74, 6) is -0.385. The highest BCUT2D eigenvalue weighted by Gasteiger charge is 2.39. The highest BCUT2D eigenvalue weighted by molar-refractivity contribution is 5.98. The second kappa shape index (κ2) is 7.25. The summed E-state index contributed by atoms with van der Waals surface area (Å²) in [6.07, 6.45) is -7.48. The molecule has 0 saturated heterocycles. The first kappa shape index (κ1) is 19.6. The number of rotatable bonds is 5. The maximum absolute atomic E-state index is 12.7. The van der Waals surface area contributed by atoms with Crippen molar-refractivity contribution in [1.82, 2.24) is 0 Å². The highest BCUT2D eigenvalue weighted by Crippen LogP contribution is 2.34. The summed E-state index contributed by atoms with van der Waals surface area (Å²) >= 11 is 0. The number of alkyl halides is 3. The molecule has 5 nitrogen and oxygen atoms in total. The first-order valence-corrected chi connectivity index (χ1v) is 7.63. The Morgan fingerprint density at radius 3 is 2.27 bits per heavy atom. The molecule has 0 aliphatic carbocycles. The minimum Gasteiger partial charge on any atom is -0.379 e. The molecule has 8 heteroatoms. The van der Waals surface area contributed by atoms with E-state index in [2.05, 4.69) is 0 Å². The van der Waals surface area contributed by atoms with Crippen LogP contribution in [-0.2, 0) is 6.42 Å². The molecule has 2 aromatic rings. The number of carbonyl (C=O) groups excluding carboxylic acids is 1. The molecule has 26 heavy (non-hydrogen) atoms. The molecular weight excluding hydrogens is 351 g/mol. The average molecular weight is 367 g/mol. The molecule has 0 fully saturated rings. The maximum atomic E-state index is 12.7. The van der Waals surface area contributed by atoms with Gasteiger partial charge in [-0.1, -0.05) is 24.3 Å². The topological polar surface area (TPSA) is 80.4 Å². The second-order valence-electron chi connectivity index (χ2n) is 5.98. The van der Waals surface area contributed by atoms with E-state index in [1.54, 1.807) is 13.8 Å². The highest BCUT2D eigenvalue weighted by atomic mass is 19.4. The predicted molar refractivity (Wildman–Crippen MR) is 88.1 cm³/mol. The van der Waals surface area contributed by atoms with Gasteiger partial charge in [-0.2, -0.15) is 13.2 Å². The van der Waals surface area contributed by atoms with Gasteiger partial charge in [-0.15, -0.1) is 0 Å². The van der Waals surface area contributed by atoms with Gasteiger partial charge in [0.05, 0.1) is 4.92 Å². The number of nitro benzene ring substituents is 1. The fraction of sp³-hybridized carbons (Fsp3) is 0.278. The number of aryl methyl sites for hydroxylation is 2. The van der Waals surface area contributed by atoms with Crippen molar-refractivity contribution in [2.75, 3.05) is 0 Å². The van der Waals surface area contributed by atoms with Crippen LogP contribution in [0.25, 0.3) is 0 Å². The summed E-state index contributed by atoms with van der Waals surface area (Å²) in [7, 11) is 0. The van der Waals surface area contributed by atoms with E-state index in [-0.39, 0.29) is 29.0 Å². The Hall–Kier alpha value is -2.74. The van der Waals surface area contributed by atoms with Crippen molar-refractivity contribution in [3.05, 3.63) is 74.3 Å². The molecule has 2 rings (SSSR count). The third-order valence-electron chi connectivity index (χ3n) is 4.06. The summed E-state index contributed by atoms with van der Waals surface area (Å²) in [5, 5.41) is 20.2. The Bertz CT molecular complexity index is 839. The monoisotopic (exact) mass is 367 g/mol. The van der Waals surface area contributed by atoms with Gasteiger partial charge in [-0.3, -0.25) is 14.9 Å². The summed E-state index contributed by atoms with van der Waals surface area (Å²) in [5.41, 5.74) is 1.04. The third-order valence-corrected chi connectivity index (χ3v) is 4.06. The van der Waals surface area contributed by atoms with Crippen LogP contribution in [0.3, 0.4) is 0 Å². The van der Waals surface area contributed by atoms with Gasteiger partial charge in [0, 0.05) is 24.1 Å². The number of benzene rings is 2. The van der Waals surface area contributed by atoms with Crippen LogP contribution < -0.4 is 0 Å². The minimum absolute atomic E-state index is 0.110. The lowest BCUT2D eigenvalue weighted by Gasteiger charge is -2.18. The zero-order valence-electron chi connectivity index (χ0n) is 14.0. The van der Waals surface area contributed by atoms with Gasteiger partial charge in [0.1, 0.15) is 0 Å². The van der Waals surface area contributed by atoms with Gasteiger partial charge in [0.2, 0.25) is 0 Å². The zero-order valence-corrected chi connectivity index (χ0v) is 14.0. The lowest BCUT2D eigenvalue weighted by Crippen LogP contribution is -2.20. The molecule has 0 aliphatic rings. The van der Waals surface area contributed by atoms with Crippen LogP contribution in [0.15, 0.2) is 36.4 Å². The van der Waals surface area contributed by atoms with Crippen LogP contribution >= 0.6 is 0 Å². The van der Waals surface area contributed by atoms with Crippen molar-refractivity contribution in [1.29, 1.82) is 0 Å². The molecule has 0 bridgehead atoms. The summed E-state index contributed by atoms with van der Waals surface area (Å²) < 4.78 is 38.0. The lowest BCUT2D eigenvalue weighted by molar-refractivity contribution is -0.384. The molecule has 0 spiro atoms. The van der Waals surface area contributed by atoms with Crippen molar-refractivity contribution >= 4 is 11.5 Å². The number of hydrogen-bond acceptors (Lipinski definition) is 4. The van der Waals surface area contributed by atoms with E-state index in [1.807, 2.05) is 0 Å². The molecule has 0 saturated carbocycles. The van der Waals surface area contributed by atoms with Gasteiger partial charge < -0.3 is 5.11 Å². The van der Waals surface area contributed by atoms with E-state index in [4.69, 9.17) is 0 Å². The Balaban J connectivity index is 2.31. The van der Waals surface area contributed by atoms with Crippen LogP contribution in [0.4, 0.5) is 18.9 Å². The van der Waals surface area contributed by atoms with Gasteiger partial charge >= 0.3 is 6.18 Å². The van der Waals surface area contributed by atoms with E-state index in [1.165, 1.54) is 30.3 Å². The molecule has 1 unspecified atom stereocenters. The Morgan fingerprint density at radius 2 is 1.77 bits per heavy atom. The van der Waals surface area contributed by atoms with Crippen molar-refractivity contribution < 1.29 is 28.0 Å². The molecule has 0 amide bonds. The molecule has 0 aromatic heterocycles. The fourth-order valence-corrected chi connectivity index (χ4v) is 2.71. The quantitative estimate of drug-likeness (QED) is 0.487. The van der Waals surface area contributed by atoms with Gasteiger partial charge in [-0.05, 0) is 36.1 Å². The minimum atomic E-state index is -4.78. The Morgan fingerprint density at radius 1 is 1.19 bits per heavy atom. The van der Waals surface area contributed by atoms with Crippen LogP contribution in [0, 0.1) is 24.0 Å². The fourth-order valence-electron chi connectivity index (χ4n) is 2.71. The van der Waals surface area contributed by atoms with Gasteiger partial charge in [0.15, 0.2) is 11.9 Å². The van der Waals surface area contributed by atoms with E-state index in [0.29, 0.717) is 16.7 Å². The molecule has 0 radical (unpaired) electrons. The smallest absolute Gasteiger partial charge is 0.379 e. The lowest BCUT2D eigenvalue weighted by atomic mass is 9.92. The van der Waals surface area contributed by atoms with Crippen LogP contribution in [0.1, 0.15) is 38.7 Å². The number of nitro groups is 1. The van der Waals surface area contributed by atoms with Crippen molar-refractivity contribution in [2.45, 2.75) is 32.5 Å². The van der Waals surface area contributed by atoms with E-state index >= 15 is 0 Å². The molecule has 0 aliphatic heterocycles. The molecule has 138 valence electrons. The first-order valence-electron chi connectivity index (χ1n) is 7.63. The zero-order chi connectivity index (χ0) is 19.6. The summed E-state index contributed by atoms with van der Waals surface area (Å²) in [4.78, 5) is 22.6. The second-order valence-corrected chi connectivity index (χ2v) is 5.98. The van der Waals surface area contributed by atoms with E-state index < -0.39 is 17.2 Å². The summed E-state index contributed by atoms with van der Waals surface area (Å²) in [6, 6.07) is 7.66. The molecule has 1 N–H and O–H groups in total. The van der Waals surface area contributed by atoms with Gasteiger partial charge in [-0.25, -0.2) is 0 Å². The molecular formula is C18H16F3NO4. The maximum Gasteiger partial charge on any atom is 0.418 e. The number of Topliss-reactive ketones (excluding diaryl/α,β-unsaturated/α-hetero) is 1. The molecule has 0 heterocycles. The number of aliphatic hydroxyl groups is 1. The SMILES string of the molecule is Cc1cc(C(O)C(F)(F)F)cc(C)c1CC(=O)c1cccc([N+](=O)[O-])c1. The Kier molecular flexibility index (Phi) is 5.46. The van der Waals surface area contributed by atoms with Crippen molar-refractivity contribution in [3.8, 4) is 0 Å². The summed E-state index contributed by atoms with van der Waals surface area (Å²) in [6.45, 7) is 3.10. The molecule has 1 atom stereocenters.